The molecule has 4 nitrogen and oxygen atoms in total. The first-order valence-corrected chi connectivity index (χ1v) is 6.81. The highest BCUT2D eigenvalue weighted by Crippen LogP contribution is 2.41. The number of aliphatic hydroxyl groups excluding tert-OH is 1. The second-order valence-corrected chi connectivity index (χ2v) is 5.30. The molecule has 0 fully saturated rings. The average Bonchev–Trinajstić information content (AvgIpc) is 2.89. The maximum absolute atomic E-state index is 12.6. The fourth-order valence-corrected chi connectivity index (χ4v) is 2.87. The largest absolute Gasteiger partial charge is 0.480 e. The summed E-state index contributed by atoms with van der Waals surface area (Å²) in [5.74, 6) is 0.379. The smallest absolute Gasteiger partial charge is 0.209 e. The molecule has 0 amide bonds. The van der Waals surface area contributed by atoms with E-state index in [0.717, 1.165) is 6.42 Å². The summed E-state index contributed by atoms with van der Waals surface area (Å²) >= 11 is 0. The summed E-state index contributed by atoms with van der Waals surface area (Å²) in [5.41, 5.74) is -0.227. The number of rotatable bonds is 3. The van der Waals surface area contributed by atoms with Gasteiger partial charge in [0, 0.05) is 30.4 Å². The highest BCUT2D eigenvalue weighted by Gasteiger charge is 2.49. The van der Waals surface area contributed by atoms with E-state index in [2.05, 4.69) is 0 Å². The summed E-state index contributed by atoms with van der Waals surface area (Å²) < 4.78 is 5.75. The second-order valence-electron chi connectivity index (χ2n) is 5.30. The number of allylic oxidation sites excluding steroid dienone is 1. The Kier molecular flexibility index (Phi) is 3.18. The number of Topliss-reactive ketones (excluding diaryl/α,β-unsaturated/α-hetero) is 2. The minimum Gasteiger partial charge on any atom is -0.480 e. The standard InChI is InChI=1S/C16H16O4/c17-10-16(15(19)11-5-2-1-3-6-11)9-12-13(18)7-4-8-14(12)20-16/h1-3,5-6,17H,4,7-10H2. The molecule has 0 saturated heterocycles. The Morgan fingerprint density at radius 2 is 2.00 bits per heavy atom. The lowest BCUT2D eigenvalue weighted by atomic mass is 9.85. The number of carbonyl (C=O) groups excluding carboxylic acids is 2. The fourth-order valence-electron chi connectivity index (χ4n) is 2.87. The minimum absolute atomic E-state index is 0.0439. The average molecular weight is 272 g/mol. The van der Waals surface area contributed by atoms with Crippen LogP contribution < -0.4 is 0 Å². The van der Waals surface area contributed by atoms with Crippen molar-refractivity contribution in [2.24, 2.45) is 0 Å². The van der Waals surface area contributed by atoms with Crippen molar-refractivity contribution in [3.8, 4) is 0 Å². The Morgan fingerprint density at radius 1 is 1.25 bits per heavy atom. The molecule has 1 atom stereocenters. The van der Waals surface area contributed by atoms with Gasteiger partial charge in [-0.15, -0.1) is 0 Å². The van der Waals surface area contributed by atoms with Crippen LogP contribution in [0.3, 0.4) is 0 Å². The van der Waals surface area contributed by atoms with E-state index >= 15 is 0 Å². The molecule has 0 aromatic heterocycles. The third-order valence-electron chi connectivity index (χ3n) is 3.97. The van der Waals surface area contributed by atoms with Gasteiger partial charge in [0.1, 0.15) is 5.76 Å². The summed E-state index contributed by atoms with van der Waals surface area (Å²) in [4.78, 5) is 24.5. The van der Waals surface area contributed by atoms with E-state index in [-0.39, 0.29) is 18.0 Å². The van der Waals surface area contributed by atoms with E-state index in [0.29, 0.717) is 29.7 Å². The maximum Gasteiger partial charge on any atom is 0.209 e. The molecule has 1 N–H and O–H groups in total. The summed E-state index contributed by atoms with van der Waals surface area (Å²) in [5, 5.41) is 9.70. The van der Waals surface area contributed by atoms with Crippen molar-refractivity contribution >= 4 is 11.6 Å². The van der Waals surface area contributed by atoms with Gasteiger partial charge in [-0.1, -0.05) is 30.3 Å². The molecule has 4 heteroatoms. The molecule has 1 aliphatic carbocycles. The van der Waals surface area contributed by atoms with Crippen LogP contribution in [0.1, 0.15) is 36.0 Å². The molecule has 0 radical (unpaired) electrons. The van der Waals surface area contributed by atoms with Gasteiger partial charge in [0.15, 0.2) is 11.4 Å². The van der Waals surface area contributed by atoms with Gasteiger partial charge < -0.3 is 9.84 Å². The molecule has 104 valence electrons. The van der Waals surface area contributed by atoms with Crippen molar-refractivity contribution in [3.05, 3.63) is 47.2 Å². The van der Waals surface area contributed by atoms with E-state index in [1.165, 1.54) is 0 Å². The van der Waals surface area contributed by atoms with Gasteiger partial charge in [-0.3, -0.25) is 9.59 Å². The lowest BCUT2D eigenvalue weighted by Gasteiger charge is -2.26. The Labute approximate surface area is 117 Å². The third-order valence-corrected chi connectivity index (χ3v) is 3.97. The highest BCUT2D eigenvalue weighted by molar-refractivity contribution is 6.06. The van der Waals surface area contributed by atoms with Gasteiger partial charge >= 0.3 is 0 Å². The van der Waals surface area contributed by atoms with Crippen LogP contribution in [0, 0.1) is 0 Å². The lowest BCUT2D eigenvalue weighted by Crippen LogP contribution is -2.42. The van der Waals surface area contributed by atoms with Crippen molar-refractivity contribution in [2.75, 3.05) is 6.61 Å². The number of carbonyl (C=O) groups is 2. The first-order chi connectivity index (χ1) is 9.66. The number of aliphatic hydroxyl groups is 1. The summed E-state index contributed by atoms with van der Waals surface area (Å²) in [6.07, 6.45) is 2.11. The zero-order chi connectivity index (χ0) is 14.2. The molecule has 1 aromatic rings. The Bertz CT molecular complexity index is 588. The number of hydrogen-bond acceptors (Lipinski definition) is 4. The van der Waals surface area contributed by atoms with Crippen LogP contribution >= 0.6 is 0 Å². The molecule has 2 aliphatic rings. The quantitative estimate of drug-likeness (QED) is 0.855. The summed E-state index contributed by atoms with van der Waals surface area (Å²) in [6.45, 7) is -0.416. The van der Waals surface area contributed by atoms with Crippen LogP contribution in [0.15, 0.2) is 41.7 Å². The molecule has 1 unspecified atom stereocenters. The van der Waals surface area contributed by atoms with Crippen LogP contribution in [-0.4, -0.2) is 28.9 Å². The SMILES string of the molecule is O=C1CCCC2=C1CC(CO)(C(=O)c1ccccc1)O2. The molecular weight excluding hydrogens is 256 g/mol. The van der Waals surface area contributed by atoms with E-state index in [9.17, 15) is 14.7 Å². The molecule has 0 bridgehead atoms. The Hall–Kier alpha value is -1.94. The predicted octanol–water partition coefficient (Wildman–Crippen LogP) is 2.03. The Balaban J connectivity index is 1.92. The van der Waals surface area contributed by atoms with Crippen LogP contribution in [0.4, 0.5) is 0 Å². The second kappa shape index (κ2) is 4.87. The van der Waals surface area contributed by atoms with Gasteiger partial charge in [0.25, 0.3) is 0 Å². The molecule has 0 spiro atoms. The minimum atomic E-state index is -1.31. The molecule has 20 heavy (non-hydrogen) atoms. The normalized spacial score (nSPS) is 25.4. The predicted molar refractivity (Wildman–Crippen MR) is 72.2 cm³/mol. The number of hydrogen-bond donors (Lipinski definition) is 1. The van der Waals surface area contributed by atoms with E-state index < -0.39 is 12.2 Å². The zero-order valence-electron chi connectivity index (χ0n) is 11.1. The molecule has 1 aromatic carbocycles. The van der Waals surface area contributed by atoms with Gasteiger partial charge in [-0.2, -0.15) is 0 Å². The van der Waals surface area contributed by atoms with Gasteiger partial charge in [0.2, 0.25) is 5.78 Å². The first kappa shape index (κ1) is 13.1. The van der Waals surface area contributed by atoms with Gasteiger partial charge in [0.05, 0.1) is 6.61 Å². The molecule has 1 aliphatic heterocycles. The fraction of sp³-hybridized carbons (Fsp3) is 0.375. The summed E-state index contributed by atoms with van der Waals surface area (Å²) in [7, 11) is 0. The lowest BCUT2D eigenvalue weighted by molar-refractivity contribution is -0.116. The number of ether oxygens (including phenoxy) is 1. The monoisotopic (exact) mass is 272 g/mol. The van der Waals surface area contributed by atoms with Crippen molar-refractivity contribution in [3.63, 3.8) is 0 Å². The van der Waals surface area contributed by atoms with Crippen LogP contribution in [0.5, 0.6) is 0 Å². The molecular formula is C16H16O4. The Morgan fingerprint density at radius 3 is 2.65 bits per heavy atom. The third kappa shape index (κ3) is 1.96. The molecule has 3 rings (SSSR count). The molecule has 1 heterocycles. The molecule has 0 saturated carbocycles. The first-order valence-electron chi connectivity index (χ1n) is 6.81. The van der Waals surface area contributed by atoms with Gasteiger partial charge in [-0.05, 0) is 6.42 Å². The highest BCUT2D eigenvalue weighted by atomic mass is 16.5. The van der Waals surface area contributed by atoms with Crippen LogP contribution in [0.25, 0.3) is 0 Å². The van der Waals surface area contributed by atoms with Gasteiger partial charge in [-0.25, -0.2) is 0 Å². The van der Waals surface area contributed by atoms with Crippen molar-refractivity contribution in [1.29, 1.82) is 0 Å². The van der Waals surface area contributed by atoms with Crippen molar-refractivity contribution in [1.82, 2.24) is 0 Å². The topological polar surface area (TPSA) is 63.6 Å². The maximum atomic E-state index is 12.6. The van der Waals surface area contributed by atoms with E-state index in [1.807, 2.05) is 6.07 Å². The van der Waals surface area contributed by atoms with Crippen molar-refractivity contribution < 1.29 is 19.4 Å². The number of ketones is 2. The summed E-state index contributed by atoms with van der Waals surface area (Å²) in [6, 6.07) is 8.76. The zero-order valence-corrected chi connectivity index (χ0v) is 11.1. The van der Waals surface area contributed by atoms with Crippen molar-refractivity contribution in [2.45, 2.75) is 31.3 Å². The van der Waals surface area contributed by atoms with E-state index in [4.69, 9.17) is 4.74 Å². The van der Waals surface area contributed by atoms with Crippen LogP contribution in [0.2, 0.25) is 0 Å². The van der Waals surface area contributed by atoms with Crippen LogP contribution in [-0.2, 0) is 9.53 Å². The van der Waals surface area contributed by atoms with E-state index in [1.54, 1.807) is 24.3 Å². The number of benzene rings is 1.